The number of rotatable bonds is 1. The van der Waals surface area contributed by atoms with E-state index in [0.717, 1.165) is 16.6 Å². The van der Waals surface area contributed by atoms with Crippen LogP contribution in [0.25, 0.3) is 60.2 Å². The summed E-state index contributed by atoms with van der Waals surface area (Å²) in [4.78, 5) is 0. The van der Waals surface area contributed by atoms with Gasteiger partial charge in [0.25, 0.3) is 5.82 Å². The van der Waals surface area contributed by atoms with Crippen molar-refractivity contribution in [1.82, 2.24) is 4.57 Å². The van der Waals surface area contributed by atoms with Crippen molar-refractivity contribution >= 4 is 54.5 Å². The van der Waals surface area contributed by atoms with E-state index in [9.17, 15) is 0 Å². The number of hydrogen-bond acceptors (Lipinski definition) is 1. The summed E-state index contributed by atoms with van der Waals surface area (Å²) in [7, 11) is 2.15. The molecule has 0 unspecified atom stereocenters. The molecule has 33 heavy (non-hydrogen) atoms. The second-order valence-corrected chi connectivity index (χ2v) is 9.00. The van der Waals surface area contributed by atoms with Crippen LogP contribution in [0.2, 0.25) is 0 Å². The van der Waals surface area contributed by atoms with Crippen LogP contribution >= 0.6 is 0 Å². The molecule has 0 bridgehead atoms. The van der Waals surface area contributed by atoms with Crippen LogP contribution in [0, 0.1) is 13.8 Å². The van der Waals surface area contributed by atoms with Gasteiger partial charge in [-0.25, -0.2) is 4.57 Å². The van der Waals surface area contributed by atoms with Gasteiger partial charge in [0, 0.05) is 28.5 Å². The molecule has 0 fully saturated rings. The van der Waals surface area contributed by atoms with Gasteiger partial charge in [-0.05, 0) is 65.7 Å². The van der Waals surface area contributed by atoms with Crippen LogP contribution in [0.5, 0.6) is 0 Å². The Balaban J connectivity index is 1.60. The summed E-state index contributed by atoms with van der Waals surface area (Å²) in [5.74, 6) is 1.20. The second kappa shape index (κ2) is 6.46. The van der Waals surface area contributed by atoms with Crippen LogP contribution in [0.15, 0.2) is 89.3 Å². The second-order valence-electron chi connectivity index (χ2n) is 9.00. The number of aromatic nitrogens is 2. The number of imidazole rings is 1. The first kappa shape index (κ1) is 18.5. The third-order valence-corrected chi connectivity index (χ3v) is 7.19. The van der Waals surface area contributed by atoms with Crippen molar-refractivity contribution in [3.63, 3.8) is 0 Å². The van der Waals surface area contributed by atoms with Crippen molar-refractivity contribution in [2.75, 3.05) is 0 Å². The zero-order chi connectivity index (χ0) is 22.3. The molecule has 0 aliphatic carbocycles. The standard InChI is InChI=1S/C30H23N2O/c1-18-8-4-7-11-26(18)32-19(2)31(3)29-22-12-13-24-25-16-20-9-5-6-10-21(20)17-28(25)33-30(24)23(22)14-15-27(29)32/h4-17H,1-3H3/q+1. The number of para-hydroxylation sites is 1. The number of benzene rings is 5. The Morgan fingerprint density at radius 2 is 1.36 bits per heavy atom. The molecule has 3 nitrogen and oxygen atoms in total. The molecule has 7 aromatic rings. The molecule has 5 aromatic carbocycles. The number of aryl methyl sites for hydroxylation is 2. The van der Waals surface area contributed by atoms with Gasteiger partial charge >= 0.3 is 0 Å². The molecule has 0 N–H and O–H groups in total. The number of nitrogens with zero attached hydrogens (tertiary/aromatic N) is 2. The smallest absolute Gasteiger partial charge is 0.259 e. The van der Waals surface area contributed by atoms with Gasteiger partial charge in [0.2, 0.25) is 0 Å². The maximum absolute atomic E-state index is 6.49. The highest BCUT2D eigenvalue weighted by molar-refractivity contribution is 6.20. The van der Waals surface area contributed by atoms with E-state index in [4.69, 9.17) is 4.42 Å². The van der Waals surface area contributed by atoms with Gasteiger partial charge in [0.05, 0.1) is 7.05 Å². The molecule has 0 saturated heterocycles. The van der Waals surface area contributed by atoms with E-state index in [1.165, 1.54) is 55.0 Å². The van der Waals surface area contributed by atoms with Gasteiger partial charge in [-0.3, -0.25) is 0 Å². The van der Waals surface area contributed by atoms with E-state index in [1.807, 2.05) is 0 Å². The van der Waals surface area contributed by atoms with Crippen LogP contribution in [-0.4, -0.2) is 4.57 Å². The van der Waals surface area contributed by atoms with Crippen LogP contribution < -0.4 is 4.57 Å². The number of furan rings is 1. The third kappa shape index (κ3) is 2.42. The van der Waals surface area contributed by atoms with Crippen molar-refractivity contribution in [1.29, 1.82) is 0 Å². The first-order valence-corrected chi connectivity index (χ1v) is 11.4. The SMILES string of the molecule is Cc1ccccc1-n1c(C)[n+](C)c2c3ccc4c5cc6ccccc6cc5oc4c3ccc21. The molecule has 0 radical (unpaired) electrons. The first-order valence-electron chi connectivity index (χ1n) is 11.4. The molecule has 158 valence electrons. The zero-order valence-electron chi connectivity index (χ0n) is 18.9. The Morgan fingerprint density at radius 3 is 2.18 bits per heavy atom. The molecule has 0 saturated carbocycles. The highest BCUT2D eigenvalue weighted by atomic mass is 16.3. The molecule has 0 atom stereocenters. The van der Waals surface area contributed by atoms with Crippen molar-refractivity contribution in [2.45, 2.75) is 13.8 Å². The minimum absolute atomic E-state index is 0.939. The lowest BCUT2D eigenvalue weighted by molar-refractivity contribution is -0.651. The summed E-state index contributed by atoms with van der Waals surface area (Å²) in [5.41, 5.74) is 6.81. The maximum atomic E-state index is 6.49. The predicted octanol–water partition coefficient (Wildman–Crippen LogP) is 7.28. The Kier molecular flexibility index (Phi) is 3.61. The Morgan fingerprint density at radius 1 is 0.697 bits per heavy atom. The average Bonchev–Trinajstić information content (AvgIpc) is 3.32. The molecule has 0 amide bonds. The monoisotopic (exact) mass is 427 g/mol. The topological polar surface area (TPSA) is 21.9 Å². The van der Waals surface area contributed by atoms with Gasteiger partial charge in [0.15, 0.2) is 11.0 Å². The third-order valence-electron chi connectivity index (χ3n) is 7.19. The molecular weight excluding hydrogens is 404 g/mol. The summed E-state index contributed by atoms with van der Waals surface area (Å²) in [6.45, 7) is 4.35. The Labute approximate surface area is 191 Å². The number of fused-ring (bicyclic) bond motifs is 8. The van der Waals surface area contributed by atoms with Crippen LogP contribution in [0.1, 0.15) is 11.4 Å². The highest BCUT2D eigenvalue weighted by Crippen LogP contribution is 2.38. The minimum atomic E-state index is 0.939. The zero-order valence-corrected chi connectivity index (χ0v) is 18.9. The van der Waals surface area contributed by atoms with Crippen molar-refractivity contribution < 1.29 is 8.98 Å². The summed E-state index contributed by atoms with van der Waals surface area (Å²) >= 11 is 0. The van der Waals surface area contributed by atoms with E-state index in [-0.39, 0.29) is 0 Å². The summed E-state index contributed by atoms with van der Waals surface area (Å²) in [5, 5.41) is 7.14. The largest absolute Gasteiger partial charge is 0.455 e. The molecular formula is C30H23N2O+. The minimum Gasteiger partial charge on any atom is -0.455 e. The summed E-state index contributed by atoms with van der Waals surface area (Å²) in [6.07, 6.45) is 0. The fourth-order valence-corrected chi connectivity index (χ4v) is 5.43. The highest BCUT2D eigenvalue weighted by Gasteiger charge is 2.25. The molecule has 0 spiro atoms. The molecule has 2 heterocycles. The average molecular weight is 428 g/mol. The fraction of sp³-hybridized carbons (Fsp3) is 0.100. The molecule has 0 aliphatic rings. The van der Waals surface area contributed by atoms with E-state index in [0.29, 0.717) is 0 Å². The van der Waals surface area contributed by atoms with E-state index < -0.39 is 0 Å². The molecule has 2 aromatic heterocycles. The van der Waals surface area contributed by atoms with E-state index in [1.54, 1.807) is 0 Å². The van der Waals surface area contributed by atoms with Crippen molar-refractivity contribution in [3.05, 3.63) is 96.3 Å². The first-order chi connectivity index (χ1) is 16.1. The van der Waals surface area contributed by atoms with Gasteiger partial charge in [-0.1, -0.05) is 42.5 Å². The normalized spacial score (nSPS) is 12.1. The lowest BCUT2D eigenvalue weighted by atomic mass is 10.0. The van der Waals surface area contributed by atoms with Crippen LogP contribution in [0.3, 0.4) is 0 Å². The molecule has 7 rings (SSSR count). The Bertz CT molecular complexity index is 1900. The summed E-state index contributed by atoms with van der Waals surface area (Å²) < 4.78 is 11.1. The van der Waals surface area contributed by atoms with Crippen molar-refractivity contribution in [3.8, 4) is 5.69 Å². The number of hydrogen-bond donors (Lipinski definition) is 0. The summed E-state index contributed by atoms with van der Waals surface area (Å²) in [6, 6.07) is 30.4. The van der Waals surface area contributed by atoms with Gasteiger partial charge in [-0.15, -0.1) is 0 Å². The lowest BCUT2D eigenvalue weighted by Crippen LogP contribution is -2.31. The predicted molar refractivity (Wildman–Crippen MR) is 136 cm³/mol. The van der Waals surface area contributed by atoms with Gasteiger partial charge in [0.1, 0.15) is 16.9 Å². The Hall–Kier alpha value is -4.11. The van der Waals surface area contributed by atoms with Crippen LogP contribution in [-0.2, 0) is 7.05 Å². The van der Waals surface area contributed by atoms with E-state index in [2.05, 4.69) is 115 Å². The van der Waals surface area contributed by atoms with Gasteiger partial charge < -0.3 is 4.42 Å². The maximum Gasteiger partial charge on any atom is 0.259 e. The van der Waals surface area contributed by atoms with Crippen LogP contribution in [0.4, 0.5) is 0 Å². The van der Waals surface area contributed by atoms with Crippen molar-refractivity contribution in [2.24, 2.45) is 7.05 Å². The lowest BCUT2D eigenvalue weighted by Gasteiger charge is -2.04. The molecule has 3 heteroatoms. The quantitative estimate of drug-likeness (QED) is 0.252. The molecule has 0 aliphatic heterocycles. The van der Waals surface area contributed by atoms with E-state index >= 15 is 0 Å². The van der Waals surface area contributed by atoms with Gasteiger partial charge in [-0.2, -0.15) is 4.57 Å². The fourth-order valence-electron chi connectivity index (χ4n) is 5.43.